The third kappa shape index (κ3) is 2.95. The molecule has 0 aromatic heterocycles. The van der Waals surface area contributed by atoms with Gasteiger partial charge in [0.2, 0.25) is 5.91 Å². The number of hydrogen-bond donors (Lipinski definition) is 1. The van der Waals surface area contributed by atoms with Crippen LogP contribution in [0.25, 0.3) is 0 Å². The first-order valence-electron chi connectivity index (χ1n) is 6.60. The molecule has 1 atom stereocenters. The average Bonchev–Trinajstić information content (AvgIpc) is 2.40. The van der Waals surface area contributed by atoms with Gasteiger partial charge in [0.15, 0.2) is 0 Å². The molecule has 1 unspecified atom stereocenters. The number of carboxylic acids is 1. The van der Waals surface area contributed by atoms with E-state index in [-0.39, 0.29) is 18.2 Å². The van der Waals surface area contributed by atoms with E-state index >= 15 is 0 Å². The van der Waals surface area contributed by atoms with Crippen molar-refractivity contribution >= 4 is 17.6 Å². The Morgan fingerprint density at radius 2 is 2.16 bits per heavy atom. The highest BCUT2D eigenvalue weighted by atomic mass is 16.4. The summed E-state index contributed by atoms with van der Waals surface area (Å²) < 4.78 is 0. The van der Waals surface area contributed by atoms with E-state index in [4.69, 9.17) is 5.11 Å². The number of aliphatic carboxylic acids is 1. The van der Waals surface area contributed by atoms with Crippen LogP contribution in [0.2, 0.25) is 0 Å². The van der Waals surface area contributed by atoms with Crippen LogP contribution >= 0.6 is 0 Å². The molecule has 0 aliphatic carbocycles. The summed E-state index contributed by atoms with van der Waals surface area (Å²) in [6.45, 7) is 2.04. The molecule has 1 N–H and O–H groups in total. The Morgan fingerprint density at radius 1 is 1.42 bits per heavy atom. The van der Waals surface area contributed by atoms with E-state index in [9.17, 15) is 9.59 Å². The fourth-order valence-corrected chi connectivity index (χ4v) is 2.49. The Labute approximate surface area is 113 Å². The normalized spacial score (nSPS) is 16.1. The van der Waals surface area contributed by atoms with Gasteiger partial charge in [-0.25, -0.2) is 0 Å². The van der Waals surface area contributed by atoms with Crippen molar-refractivity contribution in [2.75, 3.05) is 11.9 Å². The lowest BCUT2D eigenvalue weighted by molar-refractivity contribution is -0.137. The zero-order valence-corrected chi connectivity index (χ0v) is 11.3. The van der Waals surface area contributed by atoms with Gasteiger partial charge in [-0.1, -0.05) is 19.1 Å². The van der Waals surface area contributed by atoms with Crippen LogP contribution in [0.4, 0.5) is 5.69 Å². The molecule has 0 saturated heterocycles. The molecule has 0 saturated carbocycles. The first-order valence-corrected chi connectivity index (χ1v) is 6.60. The molecule has 2 rings (SSSR count). The standard InChI is InChI=1S/C15H19NO3/c1-10(3-8-15(18)19)11-4-6-13-12(9-11)5-7-14(17)16(13)2/h4,6,9-10H,3,5,7-8H2,1-2H3,(H,18,19). The number of benzene rings is 1. The first-order chi connectivity index (χ1) is 8.99. The van der Waals surface area contributed by atoms with Crippen LogP contribution in [0.15, 0.2) is 18.2 Å². The number of aryl methyl sites for hydroxylation is 1. The summed E-state index contributed by atoms with van der Waals surface area (Å²) in [6, 6.07) is 6.09. The van der Waals surface area contributed by atoms with Crippen molar-refractivity contribution in [1.82, 2.24) is 0 Å². The molecule has 0 fully saturated rings. The zero-order chi connectivity index (χ0) is 14.0. The van der Waals surface area contributed by atoms with E-state index < -0.39 is 5.97 Å². The largest absolute Gasteiger partial charge is 0.481 e. The summed E-state index contributed by atoms with van der Waals surface area (Å²) in [4.78, 5) is 23.9. The van der Waals surface area contributed by atoms with E-state index in [1.54, 1.807) is 11.9 Å². The molecule has 1 aromatic rings. The van der Waals surface area contributed by atoms with Crippen LogP contribution in [0, 0.1) is 0 Å². The Kier molecular flexibility index (Phi) is 3.88. The molecular weight excluding hydrogens is 242 g/mol. The quantitative estimate of drug-likeness (QED) is 0.906. The van der Waals surface area contributed by atoms with Crippen molar-refractivity contribution in [3.8, 4) is 0 Å². The molecule has 102 valence electrons. The van der Waals surface area contributed by atoms with Gasteiger partial charge in [-0.2, -0.15) is 0 Å². The van der Waals surface area contributed by atoms with Crippen LogP contribution in [-0.4, -0.2) is 24.0 Å². The van der Waals surface area contributed by atoms with Gasteiger partial charge in [-0.3, -0.25) is 9.59 Å². The Hall–Kier alpha value is -1.84. The van der Waals surface area contributed by atoms with Gasteiger partial charge in [-0.15, -0.1) is 0 Å². The van der Waals surface area contributed by atoms with Gasteiger partial charge in [0, 0.05) is 25.6 Å². The second-order valence-electron chi connectivity index (χ2n) is 5.17. The summed E-state index contributed by atoms with van der Waals surface area (Å²) in [5.74, 6) is -0.376. The molecule has 0 radical (unpaired) electrons. The third-order valence-electron chi connectivity index (χ3n) is 3.81. The number of carbonyl (C=O) groups excluding carboxylic acids is 1. The van der Waals surface area contributed by atoms with E-state index in [1.807, 2.05) is 19.1 Å². The lowest BCUT2D eigenvalue weighted by Gasteiger charge is -2.26. The first kappa shape index (κ1) is 13.6. The predicted octanol–water partition coefficient (Wildman–Crippen LogP) is 2.56. The number of fused-ring (bicyclic) bond motifs is 1. The highest BCUT2D eigenvalue weighted by Crippen LogP contribution is 2.31. The van der Waals surface area contributed by atoms with Gasteiger partial charge in [0.05, 0.1) is 0 Å². The van der Waals surface area contributed by atoms with Crippen molar-refractivity contribution in [1.29, 1.82) is 0 Å². The number of nitrogens with zero attached hydrogens (tertiary/aromatic N) is 1. The molecule has 1 aliphatic heterocycles. The minimum atomic E-state index is -0.754. The van der Waals surface area contributed by atoms with Gasteiger partial charge in [0.25, 0.3) is 0 Å². The molecule has 4 heteroatoms. The average molecular weight is 261 g/mol. The summed E-state index contributed by atoms with van der Waals surface area (Å²) in [5.41, 5.74) is 3.31. The highest BCUT2D eigenvalue weighted by molar-refractivity contribution is 5.95. The summed E-state index contributed by atoms with van der Waals surface area (Å²) in [5, 5.41) is 8.72. The van der Waals surface area contributed by atoms with Crippen LogP contribution in [-0.2, 0) is 16.0 Å². The summed E-state index contributed by atoms with van der Waals surface area (Å²) in [6.07, 6.45) is 2.16. The van der Waals surface area contributed by atoms with Gasteiger partial charge in [-0.05, 0) is 36.0 Å². The van der Waals surface area contributed by atoms with Crippen LogP contribution in [0.1, 0.15) is 43.2 Å². The number of carbonyl (C=O) groups is 2. The molecule has 0 bridgehead atoms. The smallest absolute Gasteiger partial charge is 0.303 e. The Morgan fingerprint density at radius 3 is 2.84 bits per heavy atom. The maximum Gasteiger partial charge on any atom is 0.303 e. The van der Waals surface area contributed by atoms with Crippen LogP contribution < -0.4 is 4.90 Å². The Balaban J connectivity index is 2.17. The molecule has 0 spiro atoms. The van der Waals surface area contributed by atoms with E-state index in [1.165, 1.54) is 5.56 Å². The van der Waals surface area contributed by atoms with Gasteiger partial charge < -0.3 is 10.0 Å². The Bertz CT molecular complexity index is 510. The second-order valence-corrected chi connectivity index (χ2v) is 5.17. The molecule has 1 heterocycles. The molecule has 1 aliphatic rings. The minimum Gasteiger partial charge on any atom is -0.481 e. The maximum absolute atomic E-state index is 11.6. The van der Waals surface area contributed by atoms with E-state index in [0.29, 0.717) is 12.8 Å². The molecule has 1 aromatic carbocycles. The SMILES string of the molecule is CC(CCC(=O)O)c1ccc2c(c1)CCC(=O)N2C. The minimum absolute atomic E-state index is 0.152. The van der Waals surface area contributed by atoms with Crippen LogP contribution in [0.5, 0.6) is 0 Å². The van der Waals surface area contributed by atoms with Crippen molar-refractivity contribution in [2.24, 2.45) is 0 Å². The van der Waals surface area contributed by atoms with Gasteiger partial charge in [0.1, 0.15) is 0 Å². The lowest BCUT2D eigenvalue weighted by atomic mass is 9.91. The lowest BCUT2D eigenvalue weighted by Crippen LogP contribution is -2.31. The van der Waals surface area contributed by atoms with Crippen LogP contribution in [0.3, 0.4) is 0 Å². The highest BCUT2D eigenvalue weighted by Gasteiger charge is 2.21. The number of rotatable bonds is 4. The third-order valence-corrected chi connectivity index (χ3v) is 3.81. The topological polar surface area (TPSA) is 57.6 Å². The van der Waals surface area contributed by atoms with Crippen molar-refractivity contribution in [3.05, 3.63) is 29.3 Å². The van der Waals surface area contributed by atoms with Gasteiger partial charge >= 0.3 is 5.97 Å². The molecule has 1 amide bonds. The fourth-order valence-electron chi connectivity index (χ4n) is 2.49. The molecule has 4 nitrogen and oxygen atoms in total. The molecule has 19 heavy (non-hydrogen) atoms. The van der Waals surface area contributed by atoms with Crippen molar-refractivity contribution in [3.63, 3.8) is 0 Å². The van der Waals surface area contributed by atoms with E-state index in [2.05, 4.69) is 6.07 Å². The zero-order valence-electron chi connectivity index (χ0n) is 11.3. The molecular formula is C15H19NO3. The predicted molar refractivity (Wildman–Crippen MR) is 73.5 cm³/mol. The van der Waals surface area contributed by atoms with E-state index in [0.717, 1.165) is 17.7 Å². The fraction of sp³-hybridized carbons (Fsp3) is 0.467. The number of anilines is 1. The summed E-state index contributed by atoms with van der Waals surface area (Å²) in [7, 11) is 1.80. The number of hydrogen-bond acceptors (Lipinski definition) is 2. The summed E-state index contributed by atoms with van der Waals surface area (Å²) >= 11 is 0. The van der Waals surface area contributed by atoms with Crippen molar-refractivity contribution < 1.29 is 14.7 Å². The van der Waals surface area contributed by atoms with Crippen molar-refractivity contribution in [2.45, 2.75) is 38.5 Å². The second kappa shape index (κ2) is 5.43. The maximum atomic E-state index is 11.6. The monoisotopic (exact) mass is 261 g/mol. The number of carboxylic acid groups (broad SMARTS) is 1. The number of amides is 1.